The number of anilines is 1. The van der Waals surface area contributed by atoms with Crippen LogP contribution in [0.3, 0.4) is 0 Å². The largest absolute Gasteiger partial charge is 0.338 e. The molecule has 0 fully saturated rings. The summed E-state index contributed by atoms with van der Waals surface area (Å²) in [5, 5.41) is 6.88. The minimum atomic E-state index is -0.281. The van der Waals surface area contributed by atoms with Crippen LogP contribution in [0.1, 0.15) is 37.0 Å². The van der Waals surface area contributed by atoms with Gasteiger partial charge in [0.25, 0.3) is 5.91 Å². The molecule has 30 heavy (non-hydrogen) atoms. The summed E-state index contributed by atoms with van der Waals surface area (Å²) in [4.78, 5) is 25.5. The van der Waals surface area contributed by atoms with Crippen molar-refractivity contribution in [3.63, 3.8) is 0 Å². The monoisotopic (exact) mass is 399 g/mol. The lowest BCUT2D eigenvalue weighted by molar-refractivity contribution is 0.102. The van der Waals surface area contributed by atoms with Gasteiger partial charge in [-0.2, -0.15) is 4.98 Å². The summed E-state index contributed by atoms with van der Waals surface area (Å²) in [7, 11) is 0. The summed E-state index contributed by atoms with van der Waals surface area (Å²) in [6.07, 6.45) is 3.04. The Balaban J connectivity index is 1.44. The number of carbonyl (C=O) groups excluding carboxylic acids is 1. The van der Waals surface area contributed by atoms with Gasteiger partial charge < -0.3 is 9.84 Å². The Hall–Kier alpha value is -3.87. The molecule has 0 saturated carbocycles. The van der Waals surface area contributed by atoms with Gasteiger partial charge in [-0.3, -0.25) is 4.79 Å². The molecule has 0 aliphatic heterocycles. The van der Waals surface area contributed by atoms with Crippen LogP contribution in [0.2, 0.25) is 0 Å². The van der Waals surface area contributed by atoms with Crippen molar-refractivity contribution in [1.29, 1.82) is 0 Å². The Morgan fingerprint density at radius 1 is 0.867 bits per heavy atom. The van der Waals surface area contributed by atoms with Gasteiger partial charge in [0.15, 0.2) is 5.82 Å². The van der Waals surface area contributed by atoms with Crippen molar-refractivity contribution in [2.24, 2.45) is 0 Å². The van der Waals surface area contributed by atoms with Crippen molar-refractivity contribution in [3.8, 4) is 22.8 Å². The Kier molecular flexibility index (Phi) is 5.10. The lowest BCUT2D eigenvalue weighted by Crippen LogP contribution is -2.12. The van der Waals surface area contributed by atoms with Crippen molar-refractivity contribution < 1.29 is 9.32 Å². The van der Waals surface area contributed by atoms with Gasteiger partial charge in [-0.1, -0.05) is 56.3 Å². The van der Waals surface area contributed by atoms with E-state index < -0.39 is 0 Å². The number of hydrogen-bond acceptors (Lipinski definition) is 6. The first-order valence-electron chi connectivity index (χ1n) is 9.53. The minimum Gasteiger partial charge on any atom is -0.338 e. The van der Waals surface area contributed by atoms with Gasteiger partial charge in [0, 0.05) is 34.6 Å². The molecule has 2 aromatic heterocycles. The van der Waals surface area contributed by atoms with Crippen LogP contribution in [-0.2, 0) is 5.41 Å². The predicted octanol–water partition coefficient (Wildman–Crippen LogP) is 4.74. The van der Waals surface area contributed by atoms with Crippen molar-refractivity contribution >= 4 is 11.6 Å². The molecular weight excluding hydrogens is 378 g/mol. The summed E-state index contributed by atoms with van der Waals surface area (Å²) < 4.78 is 5.33. The first-order valence-corrected chi connectivity index (χ1v) is 9.53. The highest BCUT2D eigenvalue weighted by molar-refractivity contribution is 6.04. The van der Waals surface area contributed by atoms with E-state index in [-0.39, 0.29) is 11.3 Å². The van der Waals surface area contributed by atoms with Gasteiger partial charge in [0.2, 0.25) is 11.7 Å². The maximum absolute atomic E-state index is 12.5. The van der Waals surface area contributed by atoms with E-state index in [0.717, 1.165) is 11.1 Å². The highest BCUT2D eigenvalue weighted by Crippen LogP contribution is 2.24. The molecule has 7 nitrogen and oxygen atoms in total. The van der Waals surface area contributed by atoms with Gasteiger partial charge in [-0.05, 0) is 24.3 Å². The van der Waals surface area contributed by atoms with Crippen molar-refractivity contribution in [2.45, 2.75) is 26.2 Å². The van der Waals surface area contributed by atoms with Gasteiger partial charge in [0.05, 0.1) is 5.56 Å². The number of hydrogen-bond donors (Lipinski definition) is 1. The number of nitrogens with one attached hydrogen (secondary N) is 1. The van der Waals surface area contributed by atoms with Crippen LogP contribution in [0.4, 0.5) is 5.69 Å². The smallest absolute Gasteiger partial charge is 0.258 e. The standard InChI is InChI=1S/C23H21N5O2/c1-23(2,3)22-27-20(28-30-22)16-9-11-18(12-10-16)26-21(29)17-13-24-19(25-14-17)15-7-5-4-6-8-15/h4-14H,1-3H3,(H,26,29). The zero-order chi connectivity index (χ0) is 21.1. The molecule has 2 heterocycles. The van der Waals surface area contributed by atoms with Crippen molar-refractivity contribution in [3.05, 3.63) is 78.4 Å². The number of aromatic nitrogens is 4. The number of carbonyl (C=O) groups is 1. The second kappa shape index (κ2) is 7.87. The molecule has 2 aromatic carbocycles. The maximum atomic E-state index is 12.5. The third-order valence-corrected chi connectivity index (χ3v) is 4.41. The highest BCUT2D eigenvalue weighted by atomic mass is 16.5. The predicted molar refractivity (Wildman–Crippen MR) is 114 cm³/mol. The summed E-state index contributed by atoms with van der Waals surface area (Å²) in [6.45, 7) is 6.04. The molecule has 4 aromatic rings. The Morgan fingerprint density at radius 2 is 1.50 bits per heavy atom. The summed E-state index contributed by atoms with van der Waals surface area (Å²) in [6, 6.07) is 16.9. The third-order valence-electron chi connectivity index (χ3n) is 4.41. The summed E-state index contributed by atoms with van der Waals surface area (Å²) >= 11 is 0. The Labute approximate surface area is 174 Å². The van der Waals surface area contributed by atoms with Gasteiger partial charge in [-0.15, -0.1) is 0 Å². The molecule has 150 valence electrons. The molecule has 4 rings (SSSR count). The second-order valence-corrected chi connectivity index (χ2v) is 7.87. The molecule has 0 bridgehead atoms. The fourth-order valence-corrected chi connectivity index (χ4v) is 2.73. The molecule has 0 spiro atoms. The molecule has 1 amide bonds. The van der Waals surface area contributed by atoms with Crippen molar-refractivity contribution in [2.75, 3.05) is 5.32 Å². The van der Waals surface area contributed by atoms with E-state index in [1.54, 1.807) is 12.1 Å². The van der Waals surface area contributed by atoms with Gasteiger partial charge in [0.1, 0.15) is 0 Å². The maximum Gasteiger partial charge on any atom is 0.258 e. The molecule has 7 heteroatoms. The summed E-state index contributed by atoms with van der Waals surface area (Å²) in [5.41, 5.74) is 2.53. The van der Waals surface area contributed by atoms with E-state index in [1.165, 1.54) is 12.4 Å². The fourth-order valence-electron chi connectivity index (χ4n) is 2.73. The third kappa shape index (κ3) is 4.25. The zero-order valence-corrected chi connectivity index (χ0v) is 17.0. The average molecular weight is 399 g/mol. The first kappa shape index (κ1) is 19.4. The Morgan fingerprint density at radius 3 is 2.10 bits per heavy atom. The molecule has 0 saturated heterocycles. The highest BCUT2D eigenvalue weighted by Gasteiger charge is 2.22. The number of nitrogens with zero attached hydrogens (tertiary/aromatic N) is 4. The zero-order valence-electron chi connectivity index (χ0n) is 17.0. The quantitative estimate of drug-likeness (QED) is 0.532. The Bertz CT molecular complexity index is 1140. The van der Waals surface area contributed by atoms with Crippen LogP contribution >= 0.6 is 0 Å². The number of benzene rings is 2. The molecular formula is C23H21N5O2. The van der Waals surface area contributed by atoms with Gasteiger partial charge >= 0.3 is 0 Å². The van der Waals surface area contributed by atoms with Crippen LogP contribution in [0.25, 0.3) is 22.8 Å². The lowest BCUT2D eigenvalue weighted by atomic mass is 9.97. The van der Waals surface area contributed by atoms with Crippen LogP contribution in [0, 0.1) is 0 Å². The van der Waals surface area contributed by atoms with E-state index in [2.05, 4.69) is 25.4 Å². The number of amides is 1. The van der Waals surface area contributed by atoms with E-state index in [9.17, 15) is 4.79 Å². The van der Waals surface area contributed by atoms with Crippen LogP contribution in [-0.4, -0.2) is 26.0 Å². The van der Waals surface area contributed by atoms with Crippen LogP contribution < -0.4 is 5.32 Å². The normalized spacial score (nSPS) is 11.3. The van der Waals surface area contributed by atoms with Crippen molar-refractivity contribution in [1.82, 2.24) is 20.1 Å². The van der Waals surface area contributed by atoms with Crippen LogP contribution in [0.5, 0.6) is 0 Å². The lowest BCUT2D eigenvalue weighted by Gasteiger charge is -2.10. The minimum absolute atomic E-state index is 0.211. The molecule has 0 aliphatic rings. The van der Waals surface area contributed by atoms with Gasteiger partial charge in [-0.25, -0.2) is 9.97 Å². The average Bonchev–Trinajstić information content (AvgIpc) is 3.26. The molecule has 0 radical (unpaired) electrons. The van der Waals surface area contributed by atoms with E-state index in [4.69, 9.17) is 4.52 Å². The molecule has 0 atom stereocenters. The summed E-state index contributed by atoms with van der Waals surface area (Å²) in [5.74, 6) is 1.39. The van der Waals surface area contributed by atoms with Crippen LogP contribution in [0.15, 0.2) is 71.5 Å². The fraction of sp³-hybridized carbons (Fsp3) is 0.174. The number of rotatable bonds is 4. The molecule has 0 aliphatic carbocycles. The molecule has 0 unspecified atom stereocenters. The second-order valence-electron chi connectivity index (χ2n) is 7.87. The van der Waals surface area contributed by atoms with E-state index in [0.29, 0.717) is 28.8 Å². The first-order chi connectivity index (χ1) is 14.4. The SMILES string of the molecule is CC(C)(C)c1nc(-c2ccc(NC(=O)c3cnc(-c4ccccc4)nc3)cc2)no1. The molecule has 1 N–H and O–H groups in total. The topological polar surface area (TPSA) is 93.8 Å². The van der Waals surface area contributed by atoms with E-state index in [1.807, 2.05) is 63.2 Å². The van der Waals surface area contributed by atoms with E-state index >= 15 is 0 Å².